The summed E-state index contributed by atoms with van der Waals surface area (Å²) in [6, 6.07) is 0.412. The standard InChI is InChI=1S/C10H24N2/c1-3-10(12)6-4-5-9(2)7-8-11/h9-10H,3-8,11-12H2,1-2H3. The highest BCUT2D eigenvalue weighted by molar-refractivity contribution is 4.60. The van der Waals surface area contributed by atoms with Gasteiger partial charge in [-0.15, -0.1) is 0 Å². The minimum absolute atomic E-state index is 0.412. The van der Waals surface area contributed by atoms with Crippen LogP contribution in [0.2, 0.25) is 0 Å². The van der Waals surface area contributed by atoms with Gasteiger partial charge < -0.3 is 11.5 Å². The lowest BCUT2D eigenvalue weighted by Crippen LogP contribution is -2.18. The van der Waals surface area contributed by atoms with Crippen LogP contribution in [-0.4, -0.2) is 12.6 Å². The lowest BCUT2D eigenvalue weighted by molar-refractivity contribution is 0.448. The maximum Gasteiger partial charge on any atom is 0.00362 e. The minimum Gasteiger partial charge on any atom is -0.330 e. The molecule has 2 unspecified atom stereocenters. The summed E-state index contributed by atoms with van der Waals surface area (Å²) in [5.74, 6) is 0.777. The molecular formula is C10H24N2. The highest BCUT2D eigenvalue weighted by atomic mass is 14.6. The molecule has 0 heterocycles. The molecule has 0 saturated heterocycles. The van der Waals surface area contributed by atoms with E-state index < -0.39 is 0 Å². The third-order valence-electron chi connectivity index (χ3n) is 2.46. The zero-order valence-corrected chi connectivity index (χ0v) is 8.55. The molecule has 0 radical (unpaired) electrons. The van der Waals surface area contributed by atoms with Gasteiger partial charge in [0.25, 0.3) is 0 Å². The summed E-state index contributed by atoms with van der Waals surface area (Å²) in [4.78, 5) is 0. The molecule has 0 aliphatic rings. The third-order valence-corrected chi connectivity index (χ3v) is 2.46. The Kier molecular flexibility index (Phi) is 7.51. The summed E-state index contributed by atoms with van der Waals surface area (Å²) in [6.45, 7) is 5.24. The van der Waals surface area contributed by atoms with Gasteiger partial charge in [-0.2, -0.15) is 0 Å². The van der Waals surface area contributed by atoms with Crippen molar-refractivity contribution in [3.8, 4) is 0 Å². The second-order valence-electron chi connectivity index (χ2n) is 3.78. The minimum atomic E-state index is 0.412. The monoisotopic (exact) mass is 172 g/mol. The van der Waals surface area contributed by atoms with Gasteiger partial charge >= 0.3 is 0 Å². The molecule has 0 aromatic carbocycles. The molecule has 12 heavy (non-hydrogen) atoms. The zero-order chi connectivity index (χ0) is 9.40. The van der Waals surface area contributed by atoms with Crippen molar-refractivity contribution < 1.29 is 0 Å². The Labute approximate surface area is 76.7 Å². The van der Waals surface area contributed by atoms with Gasteiger partial charge in [0.05, 0.1) is 0 Å². The van der Waals surface area contributed by atoms with E-state index in [1.165, 1.54) is 19.3 Å². The maximum atomic E-state index is 5.81. The molecule has 0 fully saturated rings. The van der Waals surface area contributed by atoms with E-state index in [9.17, 15) is 0 Å². The van der Waals surface area contributed by atoms with Gasteiger partial charge in [-0.25, -0.2) is 0 Å². The zero-order valence-electron chi connectivity index (χ0n) is 8.55. The number of hydrogen-bond donors (Lipinski definition) is 2. The van der Waals surface area contributed by atoms with Gasteiger partial charge in [0.2, 0.25) is 0 Å². The molecule has 2 nitrogen and oxygen atoms in total. The van der Waals surface area contributed by atoms with Crippen molar-refractivity contribution in [1.29, 1.82) is 0 Å². The SMILES string of the molecule is CCC(N)CCCC(C)CCN. The van der Waals surface area contributed by atoms with Crippen molar-refractivity contribution in [3.63, 3.8) is 0 Å². The Balaban J connectivity index is 3.18. The van der Waals surface area contributed by atoms with Crippen LogP contribution in [0.4, 0.5) is 0 Å². The van der Waals surface area contributed by atoms with Crippen molar-refractivity contribution in [2.24, 2.45) is 17.4 Å². The molecule has 0 aliphatic heterocycles. The lowest BCUT2D eigenvalue weighted by atomic mass is 9.98. The molecule has 0 aromatic heterocycles. The molecule has 0 aliphatic carbocycles. The van der Waals surface area contributed by atoms with Crippen LogP contribution in [0.3, 0.4) is 0 Å². The summed E-state index contributed by atoms with van der Waals surface area (Å²) in [6.07, 6.45) is 5.97. The predicted molar refractivity (Wildman–Crippen MR) is 55.0 cm³/mol. The molecule has 2 heteroatoms. The summed E-state index contributed by atoms with van der Waals surface area (Å²) in [5.41, 5.74) is 11.3. The Morgan fingerprint density at radius 3 is 2.33 bits per heavy atom. The Morgan fingerprint density at radius 2 is 1.83 bits per heavy atom. The quantitative estimate of drug-likeness (QED) is 0.616. The van der Waals surface area contributed by atoms with Crippen molar-refractivity contribution in [2.75, 3.05) is 6.54 Å². The highest BCUT2D eigenvalue weighted by Crippen LogP contribution is 2.12. The molecule has 0 rings (SSSR count). The van der Waals surface area contributed by atoms with Crippen LogP contribution in [0.5, 0.6) is 0 Å². The van der Waals surface area contributed by atoms with E-state index >= 15 is 0 Å². The Morgan fingerprint density at radius 1 is 1.17 bits per heavy atom. The van der Waals surface area contributed by atoms with Crippen LogP contribution < -0.4 is 11.5 Å². The van der Waals surface area contributed by atoms with Crippen LogP contribution in [0.15, 0.2) is 0 Å². The van der Waals surface area contributed by atoms with Gasteiger partial charge in [-0.05, 0) is 31.7 Å². The van der Waals surface area contributed by atoms with E-state index in [0.29, 0.717) is 6.04 Å². The second kappa shape index (κ2) is 7.56. The first kappa shape index (κ1) is 11.9. The summed E-state index contributed by atoms with van der Waals surface area (Å²) in [7, 11) is 0. The molecule has 0 amide bonds. The van der Waals surface area contributed by atoms with Crippen LogP contribution in [0.1, 0.15) is 46.0 Å². The van der Waals surface area contributed by atoms with Crippen LogP contribution in [-0.2, 0) is 0 Å². The first-order valence-corrected chi connectivity index (χ1v) is 5.16. The van der Waals surface area contributed by atoms with Crippen molar-refractivity contribution in [3.05, 3.63) is 0 Å². The van der Waals surface area contributed by atoms with Gasteiger partial charge in [0.1, 0.15) is 0 Å². The topological polar surface area (TPSA) is 52.0 Å². The number of hydrogen-bond acceptors (Lipinski definition) is 2. The summed E-state index contributed by atoms with van der Waals surface area (Å²) < 4.78 is 0. The highest BCUT2D eigenvalue weighted by Gasteiger charge is 2.02. The first-order valence-electron chi connectivity index (χ1n) is 5.16. The molecule has 0 spiro atoms. The molecule has 0 bridgehead atoms. The molecule has 0 saturated carbocycles. The summed E-state index contributed by atoms with van der Waals surface area (Å²) in [5, 5.41) is 0. The van der Waals surface area contributed by atoms with Crippen molar-refractivity contribution in [1.82, 2.24) is 0 Å². The lowest BCUT2D eigenvalue weighted by Gasteiger charge is -2.11. The van der Waals surface area contributed by atoms with E-state index in [2.05, 4.69) is 13.8 Å². The van der Waals surface area contributed by atoms with Crippen molar-refractivity contribution >= 4 is 0 Å². The molecule has 0 aromatic rings. The second-order valence-corrected chi connectivity index (χ2v) is 3.78. The smallest absolute Gasteiger partial charge is 0.00362 e. The largest absolute Gasteiger partial charge is 0.330 e. The fourth-order valence-electron chi connectivity index (χ4n) is 1.36. The van der Waals surface area contributed by atoms with Crippen molar-refractivity contribution in [2.45, 2.75) is 52.0 Å². The van der Waals surface area contributed by atoms with Crippen LogP contribution in [0, 0.1) is 5.92 Å². The first-order chi connectivity index (χ1) is 5.70. The van der Waals surface area contributed by atoms with E-state index in [1.807, 2.05) is 0 Å². The van der Waals surface area contributed by atoms with E-state index in [4.69, 9.17) is 11.5 Å². The van der Waals surface area contributed by atoms with Gasteiger partial charge in [0.15, 0.2) is 0 Å². The number of nitrogens with two attached hydrogens (primary N) is 2. The average molecular weight is 172 g/mol. The summed E-state index contributed by atoms with van der Waals surface area (Å²) >= 11 is 0. The Bertz CT molecular complexity index is 93.8. The predicted octanol–water partition coefficient (Wildman–Crippen LogP) is 1.88. The van der Waals surface area contributed by atoms with Gasteiger partial charge in [-0.3, -0.25) is 0 Å². The van der Waals surface area contributed by atoms with Gasteiger partial charge in [0, 0.05) is 6.04 Å². The third kappa shape index (κ3) is 6.62. The number of rotatable bonds is 7. The van der Waals surface area contributed by atoms with Crippen LogP contribution in [0.25, 0.3) is 0 Å². The van der Waals surface area contributed by atoms with E-state index in [1.54, 1.807) is 0 Å². The van der Waals surface area contributed by atoms with E-state index in [-0.39, 0.29) is 0 Å². The fraction of sp³-hybridized carbons (Fsp3) is 1.00. The molecule has 4 N–H and O–H groups in total. The Hall–Kier alpha value is -0.0800. The molecule has 74 valence electrons. The normalized spacial score (nSPS) is 16.0. The average Bonchev–Trinajstić information content (AvgIpc) is 2.04. The molecular weight excluding hydrogens is 148 g/mol. The maximum absolute atomic E-state index is 5.81. The van der Waals surface area contributed by atoms with E-state index in [0.717, 1.165) is 25.3 Å². The molecule has 2 atom stereocenters. The van der Waals surface area contributed by atoms with Crippen LogP contribution >= 0.6 is 0 Å². The van der Waals surface area contributed by atoms with Gasteiger partial charge in [-0.1, -0.05) is 26.7 Å². The fourth-order valence-corrected chi connectivity index (χ4v) is 1.36.